The number of pyridine rings is 1. The van der Waals surface area contributed by atoms with Crippen molar-refractivity contribution in [3.63, 3.8) is 0 Å². The molecule has 0 radical (unpaired) electrons. The summed E-state index contributed by atoms with van der Waals surface area (Å²) in [4.78, 5) is 4.33. The van der Waals surface area contributed by atoms with E-state index >= 15 is 0 Å². The fraction of sp³-hybridized carbons (Fsp3) is 0.267. The highest BCUT2D eigenvalue weighted by Gasteiger charge is 2.37. The van der Waals surface area contributed by atoms with Crippen molar-refractivity contribution in [3.8, 4) is 5.75 Å². The van der Waals surface area contributed by atoms with Crippen LogP contribution in [0, 0.1) is 12.7 Å². The third-order valence-electron chi connectivity index (χ3n) is 3.63. The first-order chi connectivity index (χ1) is 9.11. The number of halogens is 2. The summed E-state index contributed by atoms with van der Waals surface area (Å²) in [5, 5.41) is 0. The van der Waals surface area contributed by atoms with Gasteiger partial charge in [-0.15, -0.1) is 12.4 Å². The summed E-state index contributed by atoms with van der Waals surface area (Å²) in [6, 6.07) is 8.76. The second kappa shape index (κ2) is 6.64. The highest BCUT2D eigenvalue weighted by atomic mass is 35.5. The molecule has 1 aliphatic heterocycles. The van der Waals surface area contributed by atoms with E-state index in [2.05, 4.69) is 4.98 Å². The lowest BCUT2D eigenvalue weighted by atomic mass is 9.82. The van der Waals surface area contributed by atoms with Crippen LogP contribution in [0.1, 0.15) is 23.2 Å². The first-order valence-electron chi connectivity index (χ1n) is 6.25. The van der Waals surface area contributed by atoms with Gasteiger partial charge in [-0.25, -0.2) is 4.39 Å². The predicted molar refractivity (Wildman–Crippen MR) is 88.1 cm³/mol. The molecule has 1 aromatic carbocycles. The van der Waals surface area contributed by atoms with Gasteiger partial charge in [0.2, 0.25) is 0 Å². The number of hydrogen-bond donors (Lipinski definition) is 1. The smallest absolute Gasteiger partial charge is 0.143 e. The van der Waals surface area contributed by atoms with Gasteiger partial charge in [-0.05, 0) is 36.2 Å². The Labute approximate surface area is 136 Å². The number of rotatable bonds is 1. The number of aryl methyl sites for hydroxylation is 1. The van der Waals surface area contributed by atoms with Crippen LogP contribution in [0.15, 0.2) is 36.5 Å². The molecule has 0 fully saturated rings. The average Bonchev–Trinajstić information content (AvgIpc) is 2.42. The summed E-state index contributed by atoms with van der Waals surface area (Å²) in [6.45, 7) is 2.24. The zero-order valence-corrected chi connectivity index (χ0v) is 13.4. The van der Waals surface area contributed by atoms with Crippen LogP contribution in [0.5, 0.6) is 5.75 Å². The molecule has 114 valence electrons. The van der Waals surface area contributed by atoms with Gasteiger partial charge in [0.25, 0.3) is 0 Å². The molecule has 0 aliphatic carbocycles. The molecule has 3 rings (SSSR count). The van der Waals surface area contributed by atoms with E-state index in [1.165, 1.54) is 6.07 Å². The molecule has 1 aliphatic rings. The van der Waals surface area contributed by atoms with Crippen LogP contribution < -0.4 is 10.5 Å². The van der Waals surface area contributed by atoms with Crippen LogP contribution >= 0.6 is 25.9 Å². The maximum atomic E-state index is 13.8. The number of nitrogens with zero attached hydrogens (tertiary/aromatic N) is 1. The highest BCUT2D eigenvalue weighted by Crippen LogP contribution is 2.38. The summed E-state index contributed by atoms with van der Waals surface area (Å²) in [6.07, 6.45) is 2.26. The van der Waals surface area contributed by atoms with Crippen LogP contribution in [-0.2, 0) is 5.54 Å². The Morgan fingerprint density at radius 2 is 2.10 bits per heavy atom. The van der Waals surface area contributed by atoms with E-state index in [0.29, 0.717) is 30.0 Å². The molecule has 1 aromatic heterocycles. The Hall–Kier alpha value is -1.30. The van der Waals surface area contributed by atoms with Gasteiger partial charge in [-0.3, -0.25) is 4.98 Å². The molecule has 0 amide bonds. The van der Waals surface area contributed by atoms with E-state index in [1.54, 1.807) is 25.3 Å². The number of aromatic nitrogens is 1. The number of nitrogens with two attached hydrogens (primary N) is 1. The summed E-state index contributed by atoms with van der Waals surface area (Å²) in [5.41, 5.74) is 7.73. The lowest BCUT2D eigenvalue weighted by molar-refractivity contribution is 0.232. The van der Waals surface area contributed by atoms with Crippen molar-refractivity contribution >= 4 is 25.9 Å². The summed E-state index contributed by atoms with van der Waals surface area (Å²) in [7, 11) is 0. The SMILES string of the molecule is Cc1ccc([C@@]2(N)CCOc3cccnc32)cc1F.Cl.S. The molecular weight excluding hydrogens is 311 g/mol. The van der Waals surface area contributed by atoms with Gasteiger partial charge in [0, 0.05) is 12.6 Å². The van der Waals surface area contributed by atoms with E-state index in [-0.39, 0.29) is 31.7 Å². The van der Waals surface area contributed by atoms with Crippen LogP contribution in [0.3, 0.4) is 0 Å². The number of fused-ring (bicyclic) bond motifs is 1. The molecular formula is C15H18ClFN2OS. The molecule has 2 N–H and O–H groups in total. The Bertz CT molecular complexity index is 641. The van der Waals surface area contributed by atoms with Crippen molar-refractivity contribution in [3.05, 3.63) is 59.2 Å². The minimum atomic E-state index is -0.788. The van der Waals surface area contributed by atoms with Gasteiger partial charge >= 0.3 is 0 Å². The molecule has 0 spiro atoms. The van der Waals surface area contributed by atoms with Crippen molar-refractivity contribution < 1.29 is 9.13 Å². The van der Waals surface area contributed by atoms with Gasteiger partial charge in [0.05, 0.1) is 12.1 Å². The number of hydrogen-bond acceptors (Lipinski definition) is 3. The second-order valence-electron chi connectivity index (χ2n) is 4.88. The Morgan fingerprint density at radius 3 is 2.81 bits per heavy atom. The minimum absolute atomic E-state index is 0. The molecule has 3 nitrogen and oxygen atoms in total. The van der Waals surface area contributed by atoms with E-state index in [9.17, 15) is 4.39 Å². The largest absolute Gasteiger partial charge is 0.491 e. The van der Waals surface area contributed by atoms with Gasteiger partial charge in [0.15, 0.2) is 0 Å². The number of benzene rings is 1. The monoisotopic (exact) mass is 328 g/mol. The standard InChI is InChI=1S/C15H15FN2O.ClH.H2S/c1-10-4-5-11(9-12(10)16)15(17)6-8-19-13-3-2-7-18-14(13)15;;/h2-5,7,9H,6,8,17H2,1H3;1H;1H2/t15-;;/m0../s1. The normalized spacial score (nSPS) is 19.6. The van der Waals surface area contributed by atoms with Crippen molar-refractivity contribution in [1.82, 2.24) is 4.98 Å². The number of ether oxygens (including phenoxy) is 1. The maximum absolute atomic E-state index is 13.8. The molecule has 21 heavy (non-hydrogen) atoms. The summed E-state index contributed by atoms with van der Waals surface area (Å²) < 4.78 is 19.3. The molecule has 0 bridgehead atoms. The van der Waals surface area contributed by atoms with Gasteiger partial charge < -0.3 is 10.5 Å². The molecule has 6 heteroatoms. The summed E-state index contributed by atoms with van der Waals surface area (Å²) in [5.74, 6) is 0.434. The van der Waals surface area contributed by atoms with Crippen LogP contribution in [0.25, 0.3) is 0 Å². The van der Waals surface area contributed by atoms with Crippen molar-refractivity contribution in [2.75, 3.05) is 6.61 Å². The Morgan fingerprint density at radius 1 is 1.33 bits per heavy atom. The van der Waals surface area contributed by atoms with E-state index in [4.69, 9.17) is 10.5 Å². The highest BCUT2D eigenvalue weighted by molar-refractivity contribution is 7.59. The molecule has 1 atom stereocenters. The Balaban J connectivity index is 0.00000110. The molecule has 2 aromatic rings. The van der Waals surface area contributed by atoms with Crippen molar-refractivity contribution in [2.45, 2.75) is 18.9 Å². The molecule has 0 unspecified atom stereocenters. The molecule has 2 heterocycles. The van der Waals surface area contributed by atoms with Gasteiger partial charge in [0.1, 0.15) is 17.3 Å². The first-order valence-corrected chi connectivity index (χ1v) is 6.25. The van der Waals surface area contributed by atoms with Gasteiger partial charge in [-0.2, -0.15) is 13.5 Å². The van der Waals surface area contributed by atoms with E-state index in [1.807, 2.05) is 12.1 Å². The quantitative estimate of drug-likeness (QED) is 0.875. The van der Waals surface area contributed by atoms with Crippen LogP contribution in [0.4, 0.5) is 4.39 Å². The first kappa shape index (κ1) is 17.8. The maximum Gasteiger partial charge on any atom is 0.143 e. The van der Waals surface area contributed by atoms with Crippen LogP contribution in [0.2, 0.25) is 0 Å². The zero-order chi connectivity index (χ0) is 13.5. The van der Waals surface area contributed by atoms with Crippen LogP contribution in [-0.4, -0.2) is 11.6 Å². The lowest BCUT2D eigenvalue weighted by Crippen LogP contribution is -2.43. The summed E-state index contributed by atoms with van der Waals surface area (Å²) >= 11 is 0. The average molecular weight is 329 g/mol. The second-order valence-corrected chi connectivity index (χ2v) is 4.88. The third kappa shape index (κ3) is 3.00. The Kier molecular flexibility index (Phi) is 5.61. The van der Waals surface area contributed by atoms with Crippen molar-refractivity contribution in [2.24, 2.45) is 5.73 Å². The minimum Gasteiger partial charge on any atom is -0.491 e. The fourth-order valence-electron chi connectivity index (χ4n) is 2.43. The lowest BCUT2D eigenvalue weighted by Gasteiger charge is -2.34. The van der Waals surface area contributed by atoms with Gasteiger partial charge in [-0.1, -0.05) is 12.1 Å². The van der Waals surface area contributed by atoms with E-state index < -0.39 is 5.54 Å². The fourth-order valence-corrected chi connectivity index (χ4v) is 2.43. The molecule has 0 saturated carbocycles. The van der Waals surface area contributed by atoms with Crippen molar-refractivity contribution in [1.29, 1.82) is 0 Å². The predicted octanol–water partition coefficient (Wildman–Crippen LogP) is 3.05. The van der Waals surface area contributed by atoms with E-state index in [0.717, 1.165) is 5.56 Å². The zero-order valence-electron chi connectivity index (χ0n) is 11.6. The topological polar surface area (TPSA) is 48.1 Å². The third-order valence-corrected chi connectivity index (χ3v) is 3.63. The molecule has 0 saturated heterocycles.